The smallest absolute Gasteiger partial charge is 0.264 e. The molecule has 0 saturated carbocycles. The average molecular weight is 920 g/mol. The van der Waals surface area contributed by atoms with E-state index < -0.39 is 20.2 Å². The van der Waals surface area contributed by atoms with Crippen molar-refractivity contribution in [2.45, 2.75) is 148 Å². The van der Waals surface area contributed by atoms with Crippen LogP contribution < -0.4 is 15.5 Å². The second kappa shape index (κ2) is 22.9. The number of aryl methyl sites for hydroxylation is 1. The van der Waals surface area contributed by atoms with E-state index >= 15 is 0 Å². The highest BCUT2D eigenvalue weighted by molar-refractivity contribution is 7.86. The van der Waals surface area contributed by atoms with Crippen molar-refractivity contribution < 1.29 is 35.3 Å². The fraction of sp³-hybridized carbons (Fsp3) is 0.569. The molecule has 2 aromatic carbocycles. The van der Waals surface area contributed by atoms with Gasteiger partial charge in [-0.25, -0.2) is 0 Å². The molecule has 2 aromatic rings. The number of nitrogens with one attached hydrogen (secondary N) is 2. The molecule has 64 heavy (non-hydrogen) atoms. The molecule has 0 radical (unpaired) electrons. The molecule has 0 unspecified atom stereocenters. The summed E-state index contributed by atoms with van der Waals surface area (Å²) < 4.78 is 67.3. The Morgan fingerprint density at radius 2 is 1.42 bits per heavy atom. The second-order valence-electron chi connectivity index (χ2n) is 19.0. The van der Waals surface area contributed by atoms with E-state index in [-0.39, 0.29) is 28.2 Å². The summed E-state index contributed by atoms with van der Waals surface area (Å²) in [6, 6.07) is 15.0. The van der Waals surface area contributed by atoms with Crippen molar-refractivity contribution in [1.29, 1.82) is 0 Å². The third-order valence-electron chi connectivity index (χ3n) is 13.2. The molecule has 2 aliphatic heterocycles. The van der Waals surface area contributed by atoms with E-state index in [0.29, 0.717) is 45.2 Å². The van der Waals surface area contributed by atoms with Gasteiger partial charge in [0.2, 0.25) is 11.6 Å². The summed E-state index contributed by atoms with van der Waals surface area (Å²) in [7, 11) is -6.36. The first-order chi connectivity index (χ1) is 30.3. The quantitative estimate of drug-likeness (QED) is 0.0433. The maximum absolute atomic E-state index is 11.5. The lowest BCUT2D eigenvalue weighted by molar-refractivity contribution is -0.438. The maximum Gasteiger partial charge on any atom is 0.264 e. The number of rotatable bonds is 25. The van der Waals surface area contributed by atoms with Crippen LogP contribution in [0.1, 0.15) is 147 Å². The van der Waals surface area contributed by atoms with Gasteiger partial charge in [-0.2, -0.15) is 21.4 Å². The summed E-state index contributed by atoms with van der Waals surface area (Å²) in [5.74, 6) is -0.386. The van der Waals surface area contributed by atoms with E-state index in [1.807, 2.05) is 6.07 Å². The lowest BCUT2D eigenvalue weighted by Gasteiger charge is -2.28. The molecule has 13 heteroatoms. The minimum atomic E-state index is -4.03. The van der Waals surface area contributed by atoms with Crippen molar-refractivity contribution in [2.75, 3.05) is 43.1 Å². The first kappa shape index (κ1) is 51.0. The molecule has 2 heterocycles. The number of nitrogens with zero attached hydrogens (tertiary/aromatic N) is 2. The van der Waals surface area contributed by atoms with Crippen LogP contribution in [0.3, 0.4) is 0 Å². The number of hydrogen-bond donors (Lipinski definition) is 4. The molecule has 0 bridgehead atoms. The van der Waals surface area contributed by atoms with Crippen LogP contribution in [0.5, 0.6) is 0 Å². The zero-order chi connectivity index (χ0) is 46.5. The van der Waals surface area contributed by atoms with E-state index in [1.54, 1.807) is 7.05 Å². The van der Waals surface area contributed by atoms with Crippen LogP contribution in [0.2, 0.25) is 0 Å². The number of fused-ring (bicyclic) bond motifs is 2. The number of benzene rings is 2. The molecule has 5 rings (SSSR count). The van der Waals surface area contributed by atoms with Crippen LogP contribution in [0.25, 0.3) is 0 Å². The van der Waals surface area contributed by atoms with E-state index in [9.17, 15) is 30.7 Å². The Kier molecular flexibility index (Phi) is 18.2. The highest BCUT2D eigenvalue weighted by Gasteiger charge is 2.44. The fourth-order valence-corrected chi connectivity index (χ4v) is 10.8. The van der Waals surface area contributed by atoms with Crippen molar-refractivity contribution in [2.24, 2.45) is 0 Å². The lowest BCUT2D eigenvalue weighted by atomic mass is 9.81. The topological polar surface area (TPSA) is 156 Å². The van der Waals surface area contributed by atoms with Crippen LogP contribution in [-0.4, -0.2) is 80.3 Å². The molecule has 1 aliphatic carbocycles. The summed E-state index contributed by atoms with van der Waals surface area (Å²) in [6.07, 6.45) is 23.5. The number of carbonyl (C=O) groups excluding carboxylic acids is 1. The highest BCUT2D eigenvalue weighted by Crippen LogP contribution is 2.48. The Bertz CT molecular complexity index is 2340. The highest BCUT2D eigenvalue weighted by atomic mass is 32.2. The monoisotopic (exact) mass is 920 g/mol. The van der Waals surface area contributed by atoms with Crippen LogP contribution in [0.4, 0.5) is 11.4 Å². The summed E-state index contributed by atoms with van der Waals surface area (Å²) in [6.45, 7) is 13.3. The zero-order valence-corrected chi connectivity index (χ0v) is 41.0. The molecular weight excluding hydrogens is 845 g/mol. The van der Waals surface area contributed by atoms with Crippen LogP contribution in [-0.2, 0) is 35.9 Å². The van der Waals surface area contributed by atoms with Gasteiger partial charge in [0, 0.05) is 73.2 Å². The van der Waals surface area contributed by atoms with Gasteiger partial charge in [0.15, 0.2) is 5.71 Å². The molecule has 352 valence electrons. The summed E-state index contributed by atoms with van der Waals surface area (Å²) in [5, 5.41) is 6.62. The number of hydrogen-bond acceptors (Lipinski definition) is 7. The van der Waals surface area contributed by atoms with E-state index in [1.165, 1.54) is 52.8 Å². The molecule has 0 fully saturated rings. The predicted molar refractivity (Wildman–Crippen MR) is 262 cm³/mol. The van der Waals surface area contributed by atoms with Gasteiger partial charge in [0.05, 0.1) is 16.9 Å². The summed E-state index contributed by atoms with van der Waals surface area (Å²) >= 11 is 0. The predicted octanol–water partition coefficient (Wildman–Crippen LogP) is 10.2. The molecular formula is C51H75N4O7S2+. The standard InChI is InChI=1S/C51H74N4O7S2/c1-39-27-30-45-43(38-39)51(4,5)47(55(45)35-18-20-37-64(60,61)62)32-29-41-23-21-22-40(49(41)53-33-16-12-10-8-7-9-11-13-26-48(56)52-6)28-31-46-50(2,3)42-24-14-15-25-44(42)54(46)34-17-19-36-63(57,58)59/h14-15,24-25,27-32,38H,7-13,16-23,26,33-37H2,1-6H3,(H3,52,56,57,58,59,60,61,62)/p+1/b41-29+,47-32+. The van der Waals surface area contributed by atoms with Gasteiger partial charge in [-0.1, -0.05) is 100 Å². The minimum Gasteiger partial charge on any atom is -0.385 e. The van der Waals surface area contributed by atoms with Crippen molar-refractivity contribution >= 4 is 43.2 Å². The molecule has 0 saturated heterocycles. The number of carbonyl (C=O) groups is 1. The Labute approximate surface area is 384 Å². The third-order valence-corrected chi connectivity index (χ3v) is 14.9. The van der Waals surface area contributed by atoms with Gasteiger partial charge in [-0.15, -0.1) is 0 Å². The van der Waals surface area contributed by atoms with E-state index in [0.717, 1.165) is 80.7 Å². The summed E-state index contributed by atoms with van der Waals surface area (Å²) in [5.41, 5.74) is 11.4. The number of amides is 1. The molecule has 0 aromatic heterocycles. The Balaban J connectivity index is 1.44. The van der Waals surface area contributed by atoms with Crippen molar-refractivity contribution in [3.05, 3.63) is 106 Å². The SMILES string of the molecule is CNC(=O)CCCCCCCCCCNC1=C(/C=C/C2=[N+](CCCCS(=O)(=O)O)c3ccccc3C2(C)C)CCC/C1=C\C=C1\N(CCCCS(=O)(=O)O)c2ccc(C)cc2C1(C)C. The van der Waals surface area contributed by atoms with Gasteiger partial charge in [0.25, 0.3) is 20.2 Å². The Morgan fingerprint density at radius 1 is 0.766 bits per heavy atom. The molecule has 0 spiro atoms. The van der Waals surface area contributed by atoms with Crippen molar-refractivity contribution in [3.8, 4) is 0 Å². The minimum absolute atomic E-state index is 0.116. The first-order valence-corrected chi connectivity index (χ1v) is 26.9. The number of unbranched alkanes of at least 4 members (excludes halogenated alkanes) is 9. The fourth-order valence-electron chi connectivity index (χ4n) is 9.68. The Hall–Kier alpha value is -4.04. The molecule has 1 amide bonds. The third kappa shape index (κ3) is 14.0. The normalized spacial score (nSPS) is 18.4. The summed E-state index contributed by atoms with van der Waals surface area (Å²) in [4.78, 5) is 13.9. The van der Waals surface area contributed by atoms with Gasteiger partial charge in [-0.3, -0.25) is 13.9 Å². The number of allylic oxidation sites excluding steroid dienone is 7. The second-order valence-corrected chi connectivity index (χ2v) is 22.1. The van der Waals surface area contributed by atoms with Crippen LogP contribution in [0.15, 0.2) is 89.3 Å². The van der Waals surface area contributed by atoms with E-state index in [4.69, 9.17) is 0 Å². The van der Waals surface area contributed by atoms with Crippen molar-refractivity contribution in [1.82, 2.24) is 10.6 Å². The van der Waals surface area contributed by atoms with Gasteiger partial charge in [0.1, 0.15) is 6.54 Å². The molecule has 3 aliphatic rings. The average Bonchev–Trinajstić information content (AvgIpc) is 3.58. The maximum atomic E-state index is 11.5. The van der Waals surface area contributed by atoms with Crippen molar-refractivity contribution in [3.63, 3.8) is 0 Å². The molecule has 0 atom stereocenters. The van der Waals surface area contributed by atoms with Crippen LogP contribution >= 0.6 is 0 Å². The lowest BCUT2D eigenvalue weighted by Crippen LogP contribution is -2.28. The Morgan fingerprint density at radius 3 is 2.11 bits per heavy atom. The molecule has 4 N–H and O–H groups in total. The van der Waals surface area contributed by atoms with E-state index in [2.05, 4.69) is 115 Å². The first-order valence-electron chi connectivity index (χ1n) is 23.6. The number of anilines is 1. The molecule has 11 nitrogen and oxygen atoms in total. The number of para-hydroxylation sites is 1. The van der Waals surface area contributed by atoms with Gasteiger partial charge in [-0.05, 0) is 101 Å². The zero-order valence-electron chi connectivity index (χ0n) is 39.3. The van der Waals surface area contributed by atoms with Gasteiger partial charge < -0.3 is 15.5 Å². The largest absolute Gasteiger partial charge is 0.385 e. The van der Waals surface area contributed by atoms with Crippen LogP contribution in [0, 0.1) is 6.92 Å². The van der Waals surface area contributed by atoms with Gasteiger partial charge >= 0.3 is 0 Å².